The number of aliphatic hydroxyl groups excluding tert-OH is 1. The highest BCUT2D eigenvalue weighted by Gasteiger charge is 2.37. The van der Waals surface area contributed by atoms with Crippen molar-refractivity contribution in [2.45, 2.75) is 50.4 Å². The van der Waals surface area contributed by atoms with Crippen LogP contribution in [0.25, 0.3) is 0 Å². The van der Waals surface area contributed by atoms with E-state index in [2.05, 4.69) is 24.3 Å². The molecule has 82 valence electrons. The zero-order chi connectivity index (χ0) is 10.1. The SMILES string of the molecule is CN(C)C1CCC2CCCC(O)C2N1. The van der Waals surface area contributed by atoms with Gasteiger partial charge in [-0.25, -0.2) is 0 Å². The summed E-state index contributed by atoms with van der Waals surface area (Å²) in [6.45, 7) is 0. The smallest absolute Gasteiger partial charge is 0.0696 e. The summed E-state index contributed by atoms with van der Waals surface area (Å²) in [6, 6.07) is 0.352. The largest absolute Gasteiger partial charge is 0.391 e. The van der Waals surface area contributed by atoms with Crippen LogP contribution >= 0.6 is 0 Å². The molecule has 2 N–H and O–H groups in total. The van der Waals surface area contributed by atoms with Crippen LogP contribution in [0.1, 0.15) is 32.1 Å². The average Bonchev–Trinajstić information content (AvgIpc) is 2.18. The van der Waals surface area contributed by atoms with Gasteiger partial charge in [0, 0.05) is 6.04 Å². The fourth-order valence-electron chi connectivity index (χ4n) is 2.92. The standard InChI is InChI=1S/C11H22N2O/c1-13(2)10-7-6-8-4-3-5-9(14)11(8)12-10/h8-12,14H,3-7H2,1-2H3. The van der Waals surface area contributed by atoms with Gasteiger partial charge < -0.3 is 5.11 Å². The maximum atomic E-state index is 9.92. The fourth-order valence-corrected chi connectivity index (χ4v) is 2.92. The minimum Gasteiger partial charge on any atom is -0.391 e. The van der Waals surface area contributed by atoms with Crippen LogP contribution in [0.3, 0.4) is 0 Å². The van der Waals surface area contributed by atoms with Gasteiger partial charge in [-0.05, 0) is 45.7 Å². The molecule has 4 unspecified atom stereocenters. The molecule has 1 saturated heterocycles. The summed E-state index contributed by atoms with van der Waals surface area (Å²) in [6.07, 6.45) is 6.33. The van der Waals surface area contributed by atoms with E-state index in [0.717, 1.165) is 12.3 Å². The molecule has 14 heavy (non-hydrogen) atoms. The van der Waals surface area contributed by atoms with Gasteiger partial charge in [0.15, 0.2) is 0 Å². The van der Waals surface area contributed by atoms with Crippen LogP contribution in [-0.4, -0.2) is 42.4 Å². The van der Waals surface area contributed by atoms with Crippen LogP contribution in [-0.2, 0) is 0 Å². The van der Waals surface area contributed by atoms with E-state index in [1.165, 1.54) is 25.7 Å². The molecule has 3 nitrogen and oxygen atoms in total. The predicted molar refractivity (Wildman–Crippen MR) is 57.0 cm³/mol. The van der Waals surface area contributed by atoms with Crippen molar-refractivity contribution >= 4 is 0 Å². The van der Waals surface area contributed by atoms with Gasteiger partial charge in [0.05, 0.1) is 12.3 Å². The molecule has 0 aromatic carbocycles. The molecular weight excluding hydrogens is 176 g/mol. The van der Waals surface area contributed by atoms with E-state index in [4.69, 9.17) is 0 Å². The molecule has 1 aliphatic heterocycles. The predicted octanol–water partition coefficient (Wildman–Crippen LogP) is 0.787. The maximum absolute atomic E-state index is 9.92. The van der Waals surface area contributed by atoms with Crippen LogP contribution < -0.4 is 5.32 Å². The van der Waals surface area contributed by atoms with Crippen molar-refractivity contribution < 1.29 is 5.11 Å². The average molecular weight is 198 g/mol. The molecule has 4 atom stereocenters. The summed E-state index contributed by atoms with van der Waals surface area (Å²) in [5.41, 5.74) is 0. The topological polar surface area (TPSA) is 35.5 Å². The Morgan fingerprint density at radius 3 is 2.64 bits per heavy atom. The molecule has 1 heterocycles. The molecule has 0 amide bonds. The van der Waals surface area contributed by atoms with Crippen LogP contribution in [0.4, 0.5) is 0 Å². The third kappa shape index (κ3) is 1.95. The lowest BCUT2D eigenvalue weighted by Crippen LogP contribution is -2.58. The second-order valence-corrected chi connectivity index (χ2v) is 5.01. The molecule has 0 spiro atoms. The third-order valence-electron chi connectivity index (χ3n) is 3.82. The van der Waals surface area contributed by atoms with Gasteiger partial charge in [0.25, 0.3) is 0 Å². The highest BCUT2D eigenvalue weighted by atomic mass is 16.3. The molecule has 2 fully saturated rings. The Kier molecular flexibility index (Phi) is 3.10. The minimum atomic E-state index is -0.114. The van der Waals surface area contributed by atoms with Gasteiger partial charge in [-0.15, -0.1) is 0 Å². The van der Waals surface area contributed by atoms with Crippen LogP contribution in [0.5, 0.6) is 0 Å². The van der Waals surface area contributed by atoms with Gasteiger partial charge in [0.2, 0.25) is 0 Å². The maximum Gasteiger partial charge on any atom is 0.0696 e. The first-order valence-electron chi connectivity index (χ1n) is 5.79. The molecule has 1 saturated carbocycles. The van der Waals surface area contributed by atoms with E-state index in [-0.39, 0.29) is 6.10 Å². The summed E-state index contributed by atoms with van der Waals surface area (Å²) >= 11 is 0. The van der Waals surface area contributed by atoms with Gasteiger partial charge in [0.1, 0.15) is 0 Å². The van der Waals surface area contributed by atoms with Crippen molar-refractivity contribution in [3.05, 3.63) is 0 Å². The van der Waals surface area contributed by atoms with Crippen LogP contribution in [0, 0.1) is 5.92 Å². The number of hydrogen-bond acceptors (Lipinski definition) is 3. The van der Waals surface area contributed by atoms with Crippen molar-refractivity contribution in [1.82, 2.24) is 10.2 Å². The highest BCUT2D eigenvalue weighted by Crippen LogP contribution is 2.32. The number of nitrogens with one attached hydrogen (secondary N) is 1. The van der Waals surface area contributed by atoms with E-state index in [9.17, 15) is 5.11 Å². The zero-order valence-electron chi connectivity index (χ0n) is 9.24. The fraction of sp³-hybridized carbons (Fsp3) is 1.00. The summed E-state index contributed by atoms with van der Waals surface area (Å²) in [5, 5.41) is 13.5. The van der Waals surface area contributed by atoms with Crippen molar-refractivity contribution in [1.29, 1.82) is 0 Å². The van der Waals surface area contributed by atoms with E-state index < -0.39 is 0 Å². The lowest BCUT2D eigenvalue weighted by atomic mass is 9.77. The molecule has 0 aromatic rings. The summed E-state index contributed by atoms with van der Waals surface area (Å²) in [4.78, 5) is 2.22. The van der Waals surface area contributed by atoms with E-state index in [0.29, 0.717) is 12.2 Å². The number of aliphatic hydroxyl groups is 1. The van der Waals surface area contributed by atoms with Crippen molar-refractivity contribution in [3.63, 3.8) is 0 Å². The first-order chi connectivity index (χ1) is 6.68. The second kappa shape index (κ2) is 4.17. The number of piperidine rings is 1. The first kappa shape index (κ1) is 10.4. The van der Waals surface area contributed by atoms with E-state index in [1.54, 1.807) is 0 Å². The summed E-state index contributed by atoms with van der Waals surface area (Å²) in [5.74, 6) is 0.718. The van der Waals surface area contributed by atoms with E-state index in [1.807, 2.05) is 0 Å². The minimum absolute atomic E-state index is 0.114. The Bertz CT molecular complexity index is 196. The molecular formula is C11H22N2O. The number of nitrogens with zero attached hydrogens (tertiary/aromatic N) is 1. The van der Waals surface area contributed by atoms with Crippen LogP contribution in [0.2, 0.25) is 0 Å². The molecule has 0 aromatic heterocycles. The Hall–Kier alpha value is -0.120. The van der Waals surface area contributed by atoms with Crippen molar-refractivity contribution in [3.8, 4) is 0 Å². The summed E-state index contributed by atoms with van der Waals surface area (Å²) in [7, 11) is 4.21. The highest BCUT2D eigenvalue weighted by molar-refractivity contribution is 4.93. The van der Waals surface area contributed by atoms with Gasteiger partial charge in [-0.2, -0.15) is 0 Å². The normalized spacial score (nSPS) is 43.7. The lowest BCUT2D eigenvalue weighted by Gasteiger charge is -2.44. The second-order valence-electron chi connectivity index (χ2n) is 5.01. The number of rotatable bonds is 1. The molecule has 2 aliphatic rings. The molecule has 1 aliphatic carbocycles. The van der Waals surface area contributed by atoms with Crippen molar-refractivity contribution in [2.24, 2.45) is 5.92 Å². The Balaban J connectivity index is 1.98. The Labute approximate surface area is 86.5 Å². The number of hydrogen-bond donors (Lipinski definition) is 2. The monoisotopic (exact) mass is 198 g/mol. The third-order valence-corrected chi connectivity index (χ3v) is 3.82. The Morgan fingerprint density at radius 2 is 1.93 bits per heavy atom. The van der Waals surface area contributed by atoms with E-state index >= 15 is 0 Å². The lowest BCUT2D eigenvalue weighted by molar-refractivity contribution is 0.00909. The first-order valence-corrected chi connectivity index (χ1v) is 5.79. The molecule has 0 radical (unpaired) electrons. The quantitative estimate of drug-likeness (QED) is 0.654. The zero-order valence-corrected chi connectivity index (χ0v) is 9.24. The number of fused-ring (bicyclic) bond motifs is 1. The molecule has 2 rings (SSSR count). The Morgan fingerprint density at radius 1 is 1.14 bits per heavy atom. The van der Waals surface area contributed by atoms with Gasteiger partial charge in [-0.1, -0.05) is 6.42 Å². The molecule has 0 bridgehead atoms. The summed E-state index contributed by atoms with van der Waals surface area (Å²) < 4.78 is 0. The molecule has 3 heteroatoms. The van der Waals surface area contributed by atoms with Crippen LogP contribution in [0.15, 0.2) is 0 Å². The van der Waals surface area contributed by atoms with Gasteiger partial charge in [-0.3, -0.25) is 10.2 Å². The van der Waals surface area contributed by atoms with Crippen molar-refractivity contribution in [2.75, 3.05) is 14.1 Å². The van der Waals surface area contributed by atoms with Gasteiger partial charge >= 0.3 is 0 Å².